The molecule has 1 saturated carbocycles. The number of carbonyl (C=O) groups excluding carboxylic acids is 2. The molecule has 1 unspecified atom stereocenters. The SMILES string of the molecule is COc1ccc(S(=O)(=O)N(CC(=O)N(Cc2ccccc2Cl)C(C)C(=O)NC2CCCC2)c2ccccc2)cc1OC. The Morgan fingerprint density at radius 1 is 0.952 bits per heavy atom. The van der Waals surface area contributed by atoms with E-state index in [2.05, 4.69) is 5.32 Å². The van der Waals surface area contributed by atoms with Crippen molar-refractivity contribution in [1.29, 1.82) is 0 Å². The molecule has 0 radical (unpaired) electrons. The first kappa shape index (κ1) is 31.2. The number of nitrogens with zero attached hydrogens (tertiary/aromatic N) is 2. The van der Waals surface area contributed by atoms with Gasteiger partial charge in [-0.15, -0.1) is 0 Å². The molecule has 224 valence electrons. The lowest BCUT2D eigenvalue weighted by Crippen LogP contribution is -2.52. The van der Waals surface area contributed by atoms with Gasteiger partial charge in [0.05, 0.1) is 24.8 Å². The number of rotatable bonds is 12. The van der Waals surface area contributed by atoms with Gasteiger partial charge in [-0.1, -0.05) is 60.8 Å². The largest absolute Gasteiger partial charge is 0.493 e. The number of benzene rings is 3. The summed E-state index contributed by atoms with van der Waals surface area (Å²) in [5.74, 6) is -0.254. The molecule has 1 aliphatic rings. The summed E-state index contributed by atoms with van der Waals surface area (Å²) in [6.07, 6.45) is 3.87. The van der Waals surface area contributed by atoms with Crippen molar-refractivity contribution in [3.8, 4) is 11.5 Å². The molecule has 0 bridgehead atoms. The van der Waals surface area contributed by atoms with Gasteiger partial charge in [-0.25, -0.2) is 8.42 Å². The van der Waals surface area contributed by atoms with Crippen molar-refractivity contribution < 1.29 is 27.5 Å². The third-order valence-electron chi connectivity index (χ3n) is 7.43. The van der Waals surface area contributed by atoms with E-state index in [0.29, 0.717) is 22.0 Å². The van der Waals surface area contributed by atoms with Crippen molar-refractivity contribution in [2.75, 3.05) is 25.1 Å². The second-order valence-electron chi connectivity index (χ2n) is 10.1. The lowest BCUT2D eigenvalue weighted by Gasteiger charge is -2.32. The maximum Gasteiger partial charge on any atom is 0.264 e. The molecule has 3 aromatic carbocycles. The number of sulfonamides is 1. The topological polar surface area (TPSA) is 105 Å². The Bertz CT molecular complexity index is 1500. The van der Waals surface area contributed by atoms with Crippen molar-refractivity contribution in [2.45, 2.75) is 56.1 Å². The number of methoxy groups -OCH3 is 2. The Labute approximate surface area is 252 Å². The summed E-state index contributed by atoms with van der Waals surface area (Å²) in [5.41, 5.74) is 0.934. The molecule has 1 fully saturated rings. The highest BCUT2D eigenvalue weighted by molar-refractivity contribution is 7.92. The summed E-state index contributed by atoms with van der Waals surface area (Å²) in [6, 6.07) is 18.9. The minimum atomic E-state index is -4.26. The average Bonchev–Trinajstić information content (AvgIpc) is 3.52. The molecular weight excluding hydrogens is 578 g/mol. The molecule has 0 aliphatic heterocycles. The molecule has 42 heavy (non-hydrogen) atoms. The van der Waals surface area contributed by atoms with E-state index in [4.69, 9.17) is 21.1 Å². The van der Waals surface area contributed by atoms with Crippen molar-refractivity contribution in [1.82, 2.24) is 10.2 Å². The van der Waals surface area contributed by atoms with Gasteiger partial charge in [0.1, 0.15) is 12.6 Å². The lowest BCUT2D eigenvalue weighted by molar-refractivity contribution is -0.139. The molecule has 0 spiro atoms. The van der Waals surface area contributed by atoms with Gasteiger partial charge in [0.25, 0.3) is 10.0 Å². The number of nitrogens with one attached hydrogen (secondary N) is 1. The molecule has 1 aliphatic carbocycles. The average molecular weight is 614 g/mol. The second-order valence-corrected chi connectivity index (χ2v) is 12.4. The van der Waals surface area contributed by atoms with Gasteiger partial charge < -0.3 is 19.7 Å². The van der Waals surface area contributed by atoms with E-state index in [1.807, 2.05) is 0 Å². The minimum absolute atomic E-state index is 0.0246. The Morgan fingerprint density at radius 2 is 1.60 bits per heavy atom. The van der Waals surface area contributed by atoms with Crippen LogP contribution in [-0.2, 0) is 26.2 Å². The Kier molecular flexibility index (Phi) is 10.3. The third kappa shape index (κ3) is 7.17. The highest BCUT2D eigenvalue weighted by Crippen LogP contribution is 2.32. The van der Waals surface area contributed by atoms with Gasteiger partial charge in [0, 0.05) is 23.7 Å². The Balaban J connectivity index is 1.70. The van der Waals surface area contributed by atoms with Gasteiger partial charge in [0.15, 0.2) is 11.5 Å². The van der Waals surface area contributed by atoms with Crippen LogP contribution in [0.5, 0.6) is 11.5 Å². The summed E-state index contributed by atoms with van der Waals surface area (Å²) in [5, 5.41) is 3.50. The number of amides is 2. The zero-order valence-corrected chi connectivity index (χ0v) is 25.5. The fourth-order valence-corrected chi connectivity index (χ4v) is 6.64. The van der Waals surface area contributed by atoms with Crippen molar-refractivity contribution in [2.24, 2.45) is 0 Å². The van der Waals surface area contributed by atoms with Crippen molar-refractivity contribution in [3.05, 3.63) is 83.4 Å². The van der Waals surface area contributed by atoms with Crippen molar-refractivity contribution in [3.63, 3.8) is 0 Å². The first-order chi connectivity index (χ1) is 20.1. The molecule has 0 saturated heterocycles. The number of carbonyl (C=O) groups is 2. The molecule has 4 rings (SSSR count). The Morgan fingerprint density at radius 3 is 2.24 bits per heavy atom. The summed E-state index contributed by atoms with van der Waals surface area (Å²) in [7, 11) is -1.39. The predicted octanol–water partition coefficient (Wildman–Crippen LogP) is 5.03. The van der Waals surface area contributed by atoms with Crippen LogP contribution < -0.4 is 19.1 Å². The smallest absolute Gasteiger partial charge is 0.264 e. The maximum atomic E-state index is 14.1. The van der Waals surface area contributed by atoms with E-state index in [0.717, 1.165) is 30.0 Å². The van der Waals surface area contributed by atoms with Gasteiger partial charge in [-0.05, 0) is 55.7 Å². The third-order valence-corrected chi connectivity index (χ3v) is 9.57. The Hall–Kier alpha value is -3.76. The molecule has 11 heteroatoms. The number of hydrogen-bond donors (Lipinski definition) is 1. The van der Waals surface area contributed by atoms with Crippen molar-refractivity contribution >= 4 is 39.1 Å². The first-order valence-corrected chi connectivity index (χ1v) is 15.6. The molecule has 9 nitrogen and oxygen atoms in total. The summed E-state index contributed by atoms with van der Waals surface area (Å²) >= 11 is 6.44. The fourth-order valence-electron chi connectivity index (χ4n) is 5.01. The molecule has 3 aromatic rings. The second kappa shape index (κ2) is 13.9. The molecule has 2 amide bonds. The van der Waals surface area contributed by atoms with Crippen LogP contribution in [0.15, 0.2) is 77.7 Å². The van der Waals surface area contributed by atoms with E-state index in [1.165, 1.54) is 37.3 Å². The molecule has 0 aromatic heterocycles. The normalized spacial score (nSPS) is 14.2. The van der Waals surface area contributed by atoms with Crippen LogP contribution in [-0.4, -0.2) is 58.0 Å². The number of para-hydroxylation sites is 1. The standard InChI is InChI=1S/C31H36ClN3O6S/c1-22(31(37)33-24-12-8-9-13-24)34(20-23-11-7-10-16-27(23)32)30(36)21-35(25-14-5-4-6-15-25)42(38,39)26-17-18-28(40-2)29(19-26)41-3/h4-7,10-11,14-19,22,24H,8-9,12-13,20-21H2,1-3H3,(H,33,37). The van der Waals surface area contributed by atoms with Crippen LogP contribution in [0.4, 0.5) is 5.69 Å². The fraction of sp³-hybridized carbons (Fsp3) is 0.355. The van der Waals surface area contributed by atoms with Crippen LogP contribution in [0.25, 0.3) is 0 Å². The van der Waals surface area contributed by atoms with E-state index in [-0.39, 0.29) is 29.1 Å². The highest BCUT2D eigenvalue weighted by Gasteiger charge is 2.34. The van der Waals surface area contributed by atoms with Gasteiger partial charge in [-0.3, -0.25) is 13.9 Å². The minimum Gasteiger partial charge on any atom is -0.493 e. The summed E-state index contributed by atoms with van der Waals surface area (Å²) in [4.78, 5) is 28.7. The van der Waals surface area contributed by atoms with E-state index < -0.39 is 28.5 Å². The van der Waals surface area contributed by atoms with Crippen LogP contribution in [0.1, 0.15) is 38.2 Å². The van der Waals surface area contributed by atoms with E-state index >= 15 is 0 Å². The van der Waals surface area contributed by atoms with E-state index in [1.54, 1.807) is 61.5 Å². The molecular formula is C31H36ClN3O6S. The first-order valence-electron chi connectivity index (χ1n) is 13.8. The predicted molar refractivity (Wildman–Crippen MR) is 162 cm³/mol. The number of anilines is 1. The lowest BCUT2D eigenvalue weighted by atomic mass is 10.1. The quantitative estimate of drug-likeness (QED) is 0.307. The summed E-state index contributed by atoms with van der Waals surface area (Å²) in [6.45, 7) is 1.12. The zero-order chi connectivity index (χ0) is 30.3. The number of hydrogen-bond acceptors (Lipinski definition) is 6. The van der Waals surface area contributed by atoms with Gasteiger partial charge >= 0.3 is 0 Å². The maximum absolute atomic E-state index is 14.1. The van der Waals surface area contributed by atoms with Gasteiger partial charge in [0.2, 0.25) is 11.8 Å². The summed E-state index contributed by atoms with van der Waals surface area (Å²) < 4.78 is 39.8. The van der Waals surface area contributed by atoms with Crippen LogP contribution in [0.3, 0.4) is 0 Å². The van der Waals surface area contributed by atoms with E-state index in [9.17, 15) is 18.0 Å². The van der Waals surface area contributed by atoms with Crippen LogP contribution in [0, 0.1) is 0 Å². The van der Waals surface area contributed by atoms with Gasteiger partial charge in [-0.2, -0.15) is 0 Å². The molecule has 0 heterocycles. The number of halogens is 1. The molecule has 1 N–H and O–H groups in total. The van der Waals surface area contributed by atoms with Crippen LogP contribution >= 0.6 is 11.6 Å². The van der Waals surface area contributed by atoms with Crippen LogP contribution in [0.2, 0.25) is 5.02 Å². The monoisotopic (exact) mass is 613 g/mol. The molecule has 1 atom stereocenters. The number of ether oxygens (including phenoxy) is 2. The highest BCUT2D eigenvalue weighted by atomic mass is 35.5. The zero-order valence-electron chi connectivity index (χ0n) is 24.0.